The monoisotopic (exact) mass is 704 g/mol. The molecule has 0 saturated heterocycles. The van der Waals surface area contributed by atoms with Crippen molar-refractivity contribution in [3.05, 3.63) is 94.1 Å². The Bertz CT molecular complexity index is 1450. The van der Waals surface area contributed by atoms with Gasteiger partial charge in [-0.05, 0) is 133 Å². The van der Waals surface area contributed by atoms with Gasteiger partial charge in [0.1, 0.15) is 13.1 Å². The first kappa shape index (κ1) is 41.1. The minimum Gasteiger partial charge on any atom is -0.396 e. The molecule has 0 radical (unpaired) electrons. The summed E-state index contributed by atoms with van der Waals surface area (Å²) < 4.78 is 5.56. The predicted octanol–water partition coefficient (Wildman–Crippen LogP) is 5.52. The van der Waals surface area contributed by atoms with Gasteiger partial charge in [0, 0.05) is 30.5 Å². The number of benzene rings is 1. The van der Waals surface area contributed by atoms with Crippen LogP contribution in [0, 0.1) is 23.2 Å². The molecule has 0 unspecified atom stereocenters. The van der Waals surface area contributed by atoms with Gasteiger partial charge in [0.25, 0.3) is 0 Å². The maximum Gasteiger partial charge on any atom is 0.145 e. The molecule has 2 aliphatic carbocycles. The number of fused-ring (bicyclic) bond motifs is 2. The summed E-state index contributed by atoms with van der Waals surface area (Å²) >= 11 is 0. The van der Waals surface area contributed by atoms with Crippen molar-refractivity contribution in [2.45, 2.75) is 103 Å². The molecule has 1 aliphatic heterocycles. The van der Waals surface area contributed by atoms with Crippen molar-refractivity contribution in [2.24, 2.45) is 23.2 Å². The van der Waals surface area contributed by atoms with Gasteiger partial charge in [-0.15, -0.1) is 0 Å². The first-order chi connectivity index (χ1) is 24.5. The second kappa shape index (κ2) is 19.4. The highest BCUT2D eigenvalue weighted by atomic mass is 16.6. The van der Waals surface area contributed by atoms with Gasteiger partial charge in [-0.3, -0.25) is 4.79 Å². The number of allylic oxidation sites excluding steroid dienone is 7. The largest absolute Gasteiger partial charge is 0.396 e. The quantitative estimate of drug-likeness (QED) is 0.0491. The van der Waals surface area contributed by atoms with E-state index in [1.165, 1.54) is 16.7 Å². The number of ether oxygens (including phenoxy) is 1. The van der Waals surface area contributed by atoms with E-state index in [0.717, 1.165) is 48.8 Å². The molecule has 6 N–H and O–H groups in total. The number of carbonyl (C=O) groups is 1. The maximum absolute atomic E-state index is 12.5. The second-order valence-corrected chi connectivity index (χ2v) is 15.4. The topological polar surface area (TPSA) is 131 Å². The fourth-order valence-corrected chi connectivity index (χ4v) is 9.27. The number of nitrogens with one attached hydrogen (secondary N) is 2. The van der Waals surface area contributed by atoms with Crippen molar-refractivity contribution in [1.82, 2.24) is 10.6 Å². The molecule has 4 rings (SSSR count). The average molecular weight is 705 g/mol. The molecule has 1 aromatic rings. The molecule has 8 nitrogen and oxygen atoms in total. The summed E-state index contributed by atoms with van der Waals surface area (Å²) in [6.07, 6.45) is 14.8. The van der Waals surface area contributed by atoms with Crippen molar-refractivity contribution >= 4 is 6.29 Å². The highest BCUT2D eigenvalue weighted by Crippen LogP contribution is 2.64. The normalized spacial score (nSPS) is 31.6. The molecule has 2 bridgehead atoms. The minimum absolute atomic E-state index is 0.00345. The standard InChI is InChI=1S/C43H64N2O6/c1-30-14-15-36(25-35-11-7-10-34(24-35)23-33(4)45-26-30)31(2)9-6-12-37(28-51-29-48)39-17-19-43(41(39)49)40(13-8-22-46)38(32(3)27-47)16-18-42(43,50)20-21-44-5/h6-7,9-12,14,24,27,33,36,39-41,44-46,48-50H,2,8,13,15-23,25-26,28-29H2,1,3-5H3/t33-,36-,39-,40+,41-,42+,43-/m1/s1. The van der Waals surface area contributed by atoms with Crippen molar-refractivity contribution in [3.63, 3.8) is 0 Å². The number of aliphatic hydroxyl groups is 4. The summed E-state index contributed by atoms with van der Waals surface area (Å²) in [6.45, 7) is 11.9. The van der Waals surface area contributed by atoms with Gasteiger partial charge in [-0.25, -0.2) is 0 Å². The van der Waals surface area contributed by atoms with Crippen LogP contribution in [0.5, 0.6) is 0 Å². The van der Waals surface area contributed by atoms with Crippen molar-refractivity contribution in [1.29, 1.82) is 0 Å². The number of hydrogen-bond donors (Lipinski definition) is 6. The molecular weight excluding hydrogens is 640 g/mol. The molecule has 2 fully saturated rings. The molecule has 0 aromatic heterocycles. The van der Waals surface area contributed by atoms with Gasteiger partial charge >= 0.3 is 0 Å². The number of rotatable bonds is 14. The number of aliphatic hydroxyl groups excluding tert-OH is 3. The Morgan fingerprint density at radius 3 is 2.67 bits per heavy atom. The van der Waals surface area contributed by atoms with Gasteiger partial charge in [0.05, 0.1) is 18.3 Å². The van der Waals surface area contributed by atoms with Gasteiger partial charge in [-0.1, -0.05) is 71.9 Å². The summed E-state index contributed by atoms with van der Waals surface area (Å²) in [5.74, 6) is -0.375. The lowest BCUT2D eigenvalue weighted by Crippen LogP contribution is -2.61. The molecule has 1 aromatic carbocycles. The lowest BCUT2D eigenvalue weighted by atomic mass is 9.51. The van der Waals surface area contributed by atoms with Crippen LogP contribution in [0.15, 0.2) is 83.0 Å². The van der Waals surface area contributed by atoms with E-state index in [0.29, 0.717) is 63.1 Å². The van der Waals surface area contributed by atoms with Crippen LogP contribution in [0.2, 0.25) is 0 Å². The van der Waals surface area contributed by atoms with Gasteiger partial charge in [0.2, 0.25) is 0 Å². The van der Waals surface area contributed by atoms with Crippen molar-refractivity contribution in [3.8, 4) is 0 Å². The first-order valence-corrected chi connectivity index (χ1v) is 19.1. The second-order valence-electron chi connectivity index (χ2n) is 15.4. The molecule has 0 amide bonds. The van der Waals surface area contributed by atoms with Gasteiger partial charge < -0.3 is 35.8 Å². The van der Waals surface area contributed by atoms with Crippen LogP contribution in [0.1, 0.15) is 83.3 Å². The summed E-state index contributed by atoms with van der Waals surface area (Å²) in [4.78, 5) is 12.1. The lowest BCUT2D eigenvalue weighted by Gasteiger charge is -2.57. The molecule has 1 spiro atoms. The third-order valence-electron chi connectivity index (χ3n) is 12.1. The van der Waals surface area contributed by atoms with Gasteiger partial charge in [-0.2, -0.15) is 0 Å². The summed E-state index contributed by atoms with van der Waals surface area (Å²) in [7, 11) is 1.86. The third-order valence-corrected chi connectivity index (χ3v) is 12.1. The van der Waals surface area contributed by atoms with Crippen LogP contribution in [0.3, 0.4) is 0 Å². The Hall–Kier alpha value is -2.69. The van der Waals surface area contributed by atoms with E-state index in [1.807, 2.05) is 26.1 Å². The molecule has 282 valence electrons. The molecule has 51 heavy (non-hydrogen) atoms. The fraction of sp³-hybridized carbons (Fsp3) is 0.605. The Kier molecular flexibility index (Phi) is 15.6. The van der Waals surface area contributed by atoms with Crippen LogP contribution in [0.25, 0.3) is 0 Å². The van der Waals surface area contributed by atoms with Crippen LogP contribution < -0.4 is 10.6 Å². The summed E-state index contributed by atoms with van der Waals surface area (Å²) in [5.41, 5.74) is 5.36. The average Bonchev–Trinajstić information content (AvgIpc) is 3.46. The zero-order chi connectivity index (χ0) is 37.0. The Balaban J connectivity index is 1.66. The van der Waals surface area contributed by atoms with E-state index in [-0.39, 0.29) is 31.0 Å². The van der Waals surface area contributed by atoms with E-state index in [4.69, 9.17) is 4.74 Å². The van der Waals surface area contributed by atoms with Crippen LogP contribution in [-0.4, -0.2) is 84.6 Å². The molecule has 8 heteroatoms. The predicted molar refractivity (Wildman–Crippen MR) is 205 cm³/mol. The zero-order valence-electron chi connectivity index (χ0n) is 31.5. The van der Waals surface area contributed by atoms with Crippen LogP contribution in [-0.2, 0) is 22.4 Å². The molecule has 2 saturated carbocycles. The molecule has 1 heterocycles. The SMILES string of the molecule is C=C(C=CC=C(COCO)[C@H]1CC[C@]2([C@@H]1O)[C@@H](CCCO)C(=C(C)C=O)CC[C@]2(O)CCNC)[C@@H]1CC=C(C)CN[C@H](C)Cc2cccc(c2)C1. The van der Waals surface area contributed by atoms with E-state index in [1.54, 1.807) is 0 Å². The third kappa shape index (κ3) is 9.85. The van der Waals surface area contributed by atoms with E-state index in [9.17, 15) is 25.2 Å². The van der Waals surface area contributed by atoms with Crippen molar-refractivity contribution in [2.75, 3.05) is 40.1 Å². The Labute approximate surface area is 306 Å². The maximum atomic E-state index is 12.5. The van der Waals surface area contributed by atoms with E-state index in [2.05, 4.69) is 67.5 Å². The number of aldehydes is 1. The van der Waals surface area contributed by atoms with Gasteiger partial charge in [0.15, 0.2) is 0 Å². The highest BCUT2D eigenvalue weighted by Gasteiger charge is 2.65. The van der Waals surface area contributed by atoms with Crippen LogP contribution in [0.4, 0.5) is 0 Å². The lowest BCUT2D eigenvalue weighted by molar-refractivity contribution is -0.180. The van der Waals surface area contributed by atoms with Crippen molar-refractivity contribution < 1.29 is 30.0 Å². The number of carbonyl (C=O) groups excluding carboxylic acids is 1. The Morgan fingerprint density at radius 2 is 1.96 bits per heavy atom. The molecule has 3 aliphatic rings. The smallest absolute Gasteiger partial charge is 0.145 e. The van der Waals surface area contributed by atoms with Crippen LogP contribution >= 0.6 is 0 Å². The minimum atomic E-state index is -1.17. The van der Waals surface area contributed by atoms with E-state index < -0.39 is 23.9 Å². The number of hydrogen-bond acceptors (Lipinski definition) is 8. The Morgan fingerprint density at radius 1 is 1.20 bits per heavy atom. The first-order valence-electron chi connectivity index (χ1n) is 19.1. The summed E-state index contributed by atoms with van der Waals surface area (Å²) in [6, 6.07) is 9.26. The summed E-state index contributed by atoms with van der Waals surface area (Å²) in [5, 5.41) is 51.4. The molecule has 7 atom stereocenters. The zero-order valence-corrected chi connectivity index (χ0v) is 31.5. The fourth-order valence-electron chi connectivity index (χ4n) is 9.27. The molecular formula is C43H64N2O6. The van der Waals surface area contributed by atoms with E-state index >= 15 is 0 Å². The highest BCUT2D eigenvalue weighted by molar-refractivity contribution is 5.74.